The van der Waals surface area contributed by atoms with E-state index in [-0.39, 0.29) is 30.5 Å². The van der Waals surface area contributed by atoms with E-state index in [4.69, 9.17) is 19.9 Å². The molecule has 2 aliphatic rings. The first-order valence-electron chi connectivity index (χ1n) is 8.38. The highest BCUT2D eigenvalue weighted by Gasteiger charge is 2.41. The second-order valence-corrected chi connectivity index (χ2v) is 7.02. The quantitative estimate of drug-likeness (QED) is 0.580. The van der Waals surface area contributed by atoms with E-state index in [0.717, 1.165) is 10.0 Å². The minimum atomic E-state index is -0.600. The van der Waals surface area contributed by atoms with Crippen LogP contribution in [-0.2, 0) is 23.8 Å². The van der Waals surface area contributed by atoms with Crippen LogP contribution in [0.25, 0.3) is 0 Å². The molecule has 0 radical (unpaired) electrons. The molecular weight excluding hydrogens is 402 g/mol. The largest absolute Gasteiger partial charge is 0.460 e. The zero-order valence-electron chi connectivity index (χ0n) is 14.4. The molecule has 1 heterocycles. The fourth-order valence-electron chi connectivity index (χ4n) is 3.24. The van der Waals surface area contributed by atoms with Crippen molar-refractivity contribution in [2.45, 2.75) is 25.2 Å². The lowest BCUT2D eigenvalue weighted by Crippen LogP contribution is -2.31. The van der Waals surface area contributed by atoms with Crippen molar-refractivity contribution in [3.05, 3.63) is 57.1 Å². The Labute approximate surface area is 160 Å². The maximum atomic E-state index is 12.7. The number of carbonyl (C=O) groups is 2. The molecular formula is C19H20BrNO5. The van der Waals surface area contributed by atoms with Crippen molar-refractivity contribution in [2.24, 2.45) is 5.73 Å². The Hall–Kier alpha value is -2.12. The summed E-state index contributed by atoms with van der Waals surface area (Å²) < 4.78 is 16.7. The fourth-order valence-corrected chi connectivity index (χ4v) is 3.50. The number of allylic oxidation sites excluding steroid dienone is 2. The summed E-state index contributed by atoms with van der Waals surface area (Å²) in [4.78, 5) is 25.3. The predicted molar refractivity (Wildman–Crippen MR) is 97.9 cm³/mol. The van der Waals surface area contributed by atoms with Crippen LogP contribution in [0, 0.1) is 0 Å². The topological polar surface area (TPSA) is 87.8 Å². The third kappa shape index (κ3) is 3.68. The average Bonchev–Trinajstić information content (AvgIpc) is 2.61. The summed E-state index contributed by atoms with van der Waals surface area (Å²) in [6.45, 7) is 0.370. The molecule has 1 aromatic carbocycles. The van der Waals surface area contributed by atoms with Crippen molar-refractivity contribution in [1.82, 2.24) is 0 Å². The molecule has 1 aliphatic heterocycles. The summed E-state index contributed by atoms with van der Waals surface area (Å²) in [6.07, 6.45) is 1.77. The van der Waals surface area contributed by atoms with E-state index in [9.17, 15) is 9.59 Å². The zero-order valence-corrected chi connectivity index (χ0v) is 16.0. The summed E-state index contributed by atoms with van der Waals surface area (Å²) in [5.41, 5.74) is 7.53. The molecule has 1 aliphatic carbocycles. The molecule has 3 rings (SSSR count). The van der Waals surface area contributed by atoms with Crippen LogP contribution in [0.3, 0.4) is 0 Å². The molecule has 26 heavy (non-hydrogen) atoms. The average molecular weight is 422 g/mol. The maximum absolute atomic E-state index is 12.7. The number of ether oxygens (including phenoxy) is 3. The number of benzene rings is 1. The van der Waals surface area contributed by atoms with E-state index in [2.05, 4.69) is 15.9 Å². The number of hydrogen-bond donors (Lipinski definition) is 1. The first kappa shape index (κ1) is 18.7. The number of halogens is 1. The molecule has 0 saturated heterocycles. The molecule has 138 valence electrons. The molecule has 2 N–H and O–H groups in total. The Bertz CT molecular complexity index is 782. The minimum Gasteiger partial charge on any atom is -0.460 e. The van der Waals surface area contributed by atoms with Gasteiger partial charge in [-0.05, 0) is 24.1 Å². The van der Waals surface area contributed by atoms with Gasteiger partial charge in [0.05, 0.1) is 12.5 Å². The van der Waals surface area contributed by atoms with Crippen LogP contribution in [0.1, 0.15) is 30.7 Å². The van der Waals surface area contributed by atoms with Gasteiger partial charge in [0.2, 0.25) is 5.88 Å². The summed E-state index contributed by atoms with van der Waals surface area (Å²) in [7, 11) is 1.52. The van der Waals surface area contributed by atoms with Gasteiger partial charge in [-0.25, -0.2) is 4.79 Å². The molecule has 0 spiro atoms. The van der Waals surface area contributed by atoms with Crippen LogP contribution in [0.2, 0.25) is 0 Å². The number of rotatable bonds is 5. The van der Waals surface area contributed by atoms with Gasteiger partial charge >= 0.3 is 5.97 Å². The van der Waals surface area contributed by atoms with E-state index in [1.54, 1.807) is 0 Å². The molecule has 0 saturated carbocycles. The smallest absolute Gasteiger partial charge is 0.340 e. The number of Topliss-reactive ketones (excluding diaryl/α,β-unsaturated/α-hetero) is 1. The second-order valence-electron chi connectivity index (χ2n) is 6.11. The van der Waals surface area contributed by atoms with Crippen molar-refractivity contribution in [3.8, 4) is 0 Å². The van der Waals surface area contributed by atoms with Crippen molar-refractivity contribution in [2.75, 3.05) is 20.3 Å². The highest BCUT2D eigenvalue weighted by molar-refractivity contribution is 9.10. The van der Waals surface area contributed by atoms with Crippen molar-refractivity contribution < 1.29 is 23.8 Å². The van der Waals surface area contributed by atoms with Gasteiger partial charge in [0.1, 0.15) is 17.9 Å². The van der Waals surface area contributed by atoms with Gasteiger partial charge in [0.25, 0.3) is 0 Å². The van der Waals surface area contributed by atoms with Crippen molar-refractivity contribution in [1.29, 1.82) is 0 Å². The molecule has 1 atom stereocenters. The van der Waals surface area contributed by atoms with Crippen LogP contribution < -0.4 is 5.73 Å². The maximum Gasteiger partial charge on any atom is 0.340 e. The molecule has 0 bridgehead atoms. The summed E-state index contributed by atoms with van der Waals surface area (Å²) in [5.74, 6) is -0.658. The number of hydrogen-bond acceptors (Lipinski definition) is 6. The Kier molecular flexibility index (Phi) is 5.78. The number of ketones is 1. The molecule has 0 fully saturated rings. The van der Waals surface area contributed by atoms with Crippen LogP contribution in [0.5, 0.6) is 0 Å². The van der Waals surface area contributed by atoms with E-state index in [0.29, 0.717) is 30.6 Å². The lowest BCUT2D eigenvalue weighted by atomic mass is 9.77. The van der Waals surface area contributed by atoms with Crippen molar-refractivity contribution >= 4 is 27.7 Å². The fraction of sp³-hybridized carbons (Fsp3) is 0.368. The van der Waals surface area contributed by atoms with Gasteiger partial charge in [-0.3, -0.25) is 4.79 Å². The number of methoxy groups -OCH3 is 1. The van der Waals surface area contributed by atoms with Gasteiger partial charge < -0.3 is 19.9 Å². The highest BCUT2D eigenvalue weighted by Crippen LogP contribution is 2.44. The van der Waals surface area contributed by atoms with E-state index >= 15 is 0 Å². The van der Waals surface area contributed by atoms with Gasteiger partial charge in [-0.2, -0.15) is 0 Å². The molecule has 7 heteroatoms. The van der Waals surface area contributed by atoms with Gasteiger partial charge in [0, 0.05) is 30.0 Å². The Morgan fingerprint density at radius 1 is 1.27 bits per heavy atom. The third-order valence-electron chi connectivity index (χ3n) is 4.43. The van der Waals surface area contributed by atoms with Crippen molar-refractivity contribution in [3.63, 3.8) is 0 Å². The Balaban J connectivity index is 2.04. The standard InChI is InChI=1S/C19H20BrNO5/c1-24-9-10-25-19(23)17-15(11-5-7-12(20)8-6-11)16-13(22)3-2-4-14(16)26-18(17)21/h5-8,15H,2-4,9-10,21H2,1H3/t15-/m0/s1. The Morgan fingerprint density at radius 2 is 2.00 bits per heavy atom. The lowest BCUT2D eigenvalue weighted by molar-refractivity contribution is -0.140. The molecule has 0 unspecified atom stereocenters. The van der Waals surface area contributed by atoms with Gasteiger partial charge in [-0.1, -0.05) is 28.1 Å². The highest BCUT2D eigenvalue weighted by atomic mass is 79.9. The molecule has 1 aromatic rings. The van der Waals surface area contributed by atoms with Gasteiger partial charge in [-0.15, -0.1) is 0 Å². The number of esters is 1. The predicted octanol–water partition coefficient (Wildman–Crippen LogP) is 2.93. The minimum absolute atomic E-state index is 0.00575. The monoisotopic (exact) mass is 421 g/mol. The van der Waals surface area contributed by atoms with Crippen LogP contribution in [0.4, 0.5) is 0 Å². The van der Waals surface area contributed by atoms with Gasteiger partial charge in [0.15, 0.2) is 5.78 Å². The molecule has 0 amide bonds. The van der Waals surface area contributed by atoms with Crippen LogP contribution >= 0.6 is 15.9 Å². The summed E-state index contributed by atoms with van der Waals surface area (Å²) in [5, 5.41) is 0. The molecule has 6 nitrogen and oxygen atoms in total. The third-order valence-corrected chi connectivity index (χ3v) is 4.96. The number of carbonyl (C=O) groups excluding carboxylic acids is 2. The Morgan fingerprint density at radius 3 is 2.69 bits per heavy atom. The lowest BCUT2D eigenvalue weighted by Gasteiger charge is -2.32. The first-order chi connectivity index (χ1) is 12.5. The number of nitrogens with two attached hydrogens (primary N) is 1. The summed E-state index contributed by atoms with van der Waals surface area (Å²) >= 11 is 3.40. The van der Waals surface area contributed by atoms with Crippen LogP contribution in [0.15, 0.2) is 51.5 Å². The van der Waals surface area contributed by atoms with E-state index < -0.39 is 11.9 Å². The second kappa shape index (κ2) is 8.05. The van der Waals surface area contributed by atoms with Crippen LogP contribution in [-0.4, -0.2) is 32.1 Å². The van der Waals surface area contributed by atoms with E-state index in [1.807, 2.05) is 24.3 Å². The first-order valence-corrected chi connectivity index (χ1v) is 9.17. The summed E-state index contributed by atoms with van der Waals surface area (Å²) in [6, 6.07) is 7.45. The zero-order chi connectivity index (χ0) is 18.7. The SMILES string of the molecule is COCCOC(=O)C1=C(N)OC2=C(C(=O)CCC2)[C@@H]1c1ccc(Br)cc1. The van der Waals surface area contributed by atoms with E-state index in [1.165, 1.54) is 7.11 Å². The normalized spacial score (nSPS) is 19.9. The molecule has 0 aromatic heterocycles.